The highest BCUT2D eigenvalue weighted by Gasteiger charge is 2.23. The smallest absolute Gasteiger partial charge is 0.201 e. The number of fused-ring (bicyclic) bond motifs is 4. The van der Waals surface area contributed by atoms with E-state index in [1.807, 2.05) is 12.3 Å². The zero-order valence-corrected chi connectivity index (χ0v) is 23.2. The number of pyridine rings is 1. The molecule has 0 fully saturated rings. The minimum absolute atomic E-state index is 0.00561. The fourth-order valence-corrected chi connectivity index (χ4v) is 4.96. The molecule has 0 aliphatic rings. The van der Waals surface area contributed by atoms with Crippen LogP contribution in [0.4, 0.5) is 0 Å². The third-order valence-electron chi connectivity index (χ3n) is 6.78. The lowest BCUT2D eigenvalue weighted by atomic mass is 9.88. The molecule has 192 valence electrons. The van der Waals surface area contributed by atoms with Gasteiger partial charge in [0.15, 0.2) is 11.3 Å². The maximum atomic E-state index is 6.44. The maximum absolute atomic E-state index is 6.44. The molecule has 0 amide bonds. The molecule has 38 heavy (non-hydrogen) atoms. The monoisotopic (exact) mass is 523 g/mol. The second kappa shape index (κ2) is 8.60. The molecule has 0 unspecified atom stereocenters. The number of halogens is 1. The number of aromatic nitrogens is 3. The Kier molecular flexibility index (Phi) is 5.55. The van der Waals surface area contributed by atoms with Crippen molar-refractivity contribution in [2.45, 2.75) is 52.4 Å². The summed E-state index contributed by atoms with van der Waals surface area (Å²) in [6.07, 6.45) is 1.89. The second-order valence-electron chi connectivity index (χ2n) is 11.8. The van der Waals surface area contributed by atoms with Gasteiger partial charge in [-0.3, -0.25) is 4.57 Å². The Hall–Kier alpha value is -3.83. The molecule has 0 radical (unpaired) electrons. The highest BCUT2D eigenvalue weighted by Crippen LogP contribution is 2.39. The molecule has 6 heteroatoms. The molecular weight excluding hydrogens is 494 g/mol. The van der Waals surface area contributed by atoms with Gasteiger partial charge in [0.05, 0.1) is 11.0 Å². The minimum atomic E-state index is -0.239. The van der Waals surface area contributed by atoms with E-state index in [2.05, 4.69) is 99.6 Å². The number of benzene rings is 3. The van der Waals surface area contributed by atoms with Crippen LogP contribution in [-0.4, -0.2) is 14.5 Å². The Labute approximate surface area is 227 Å². The van der Waals surface area contributed by atoms with Crippen LogP contribution in [0.2, 0.25) is 5.02 Å². The summed E-state index contributed by atoms with van der Waals surface area (Å²) in [6.45, 7) is 12.8. The lowest BCUT2D eigenvalue weighted by Crippen LogP contribution is -2.12. The third-order valence-corrected chi connectivity index (χ3v) is 6.99. The van der Waals surface area contributed by atoms with Crippen molar-refractivity contribution in [3.63, 3.8) is 0 Å². The Balaban J connectivity index is 1.53. The van der Waals surface area contributed by atoms with Gasteiger partial charge >= 0.3 is 0 Å². The highest BCUT2D eigenvalue weighted by atomic mass is 35.5. The number of para-hydroxylation sites is 1. The largest absolute Gasteiger partial charge is 0.453 e. The van der Waals surface area contributed by atoms with Crippen molar-refractivity contribution in [1.82, 2.24) is 14.5 Å². The van der Waals surface area contributed by atoms with Crippen LogP contribution >= 0.6 is 11.6 Å². The molecule has 0 spiro atoms. The van der Waals surface area contributed by atoms with Gasteiger partial charge in [-0.15, -0.1) is 0 Å². The van der Waals surface area contributed by atoms with Gasteiger partial charge in [-0.05, 0) is 47.4 Å². The Morgan fingerprint density at radius 2 is 1.58 bits per heavy atom. The quantitative estimate of drug-likeness (QED) is 0.232. The molecule has 6 rings (SSSR count). The van der Waals surface area contributed by atoms with Gasteiger partial charge in [-0.2, -0.15) is 0 Å². The summed E-state index contributed by atoms with van der Waals surface area (Å²) in [6, 6.07) is 22.3. The van der Waals surface area contributed by atoms with Crippen LogP contribution in [-0.2, 0) is 10.8 Å². The van der Waals surface area contributed by atoms with Crippen LogP contribution in [0.15, 0.2) is 77.3 Å². The number of nitrogens with zero attached hydrogens (tertiary/aromatic N) is 3. The molecule has 3 heterocycles. The van der Waals surface area contributed by atoms with E-state index in [4.69, 9.17) is 25.7 Å². The number of oxazole rings is 1. The maximum Gasteiger partial charge on any atom is 0.201 e. The summed E-state index contributed by atoms with van der Waals surface area (Å²) in [4.78, 5) is 9.43. The van der Waals surface area contributed by atoms with E-state index in [0.29, 0.717) is 33.5 Å². The normalized spacial score (nSPS) is 12.6. The number of hydrogen-bond acceptors (Lipinski definition) is 4. The molecule has 0 saturated carbocycles. The first-order valence-electron chi connectivity index (χ1n) is 12.8. The van der Waals surface area contributed by atoms with Gasteiger partial charge in [0, 0.05) is 39.5 Å². The minimum Gasteiger partial charge on any atom is -0.453 e. The summed E-state index contributed by atoms with van der Waals surface area (Å²) < 4.78 is 14.8. The molecule has 0 N–H and O–H groups in total. The number of hydrogen-bond donors (Lipinski definition) is 0. The van der Waals surface area contributed by atoms with E-state index in [0.717, 1.165) is 27.6 Å². The van der Waals surface area contributed by atoms with Gasteiger partial charge in [-0.25, -0.2) is 9.97 Å². The molecule has 3 aromatic heterocycles. The van der Waals surface area contributed by atoms with Crippen LogP contribution in [0, 0.1) is 0 Å². The Morgan fingerprint density at radius 3 is 2.34 bits per heavy atom. The fraction of sp³-hybridized carbons (Fsp3) is 0.250. The van der Waals surface area contributed by atoms with Crippen LogP contribution in [0.1, 0.15) is 53.0 Å². The zero-order valence-electron chi connectivity index (χ0n) is 22.5. The summed E-state index contributed by atoms with van der Waals surface area (Å²) in [7, 11) is 0. The van der Waals surface area contributed by atoms with Crippen molar-refractivity contribution in [3.05, 3.63) is 89.4 Å². The molecular formula is C32H30ClN3O2. The van der Waals surface area contributed by atoms with Gasteiger partial charge in [-0.1, -0.05) is 71.3 Å². The standard InChI is InChI=1S/C32H30ClN3O2/c1-31(2,3)19-13-14-34-28(15-19)36-25-10-8-7-9-22(25)23-12-11-21(18-26(23)36)37-27-17-20(33)16-24-29(27)38-30(35-24)32(4,5)6/h7-18H,1-6H3. The molecule has 0 bridgehead atoms. The lowest BCUT2D eigenvalue weighted by Gasteiger charge is -2.20. The average molecular weight is 524 g/mol. The molecule has 0 aliphatic heterocycles. The van der Waals surface area contributed by atoms with Gasteiger partial charge < -0.3 is 9.15 Å². The fourth-order valence-electron chi connectivity index (χ4n) is 4.76. The van der Waals surface area contributed by atoms with E-state index in [9.17, 15) is 0 Å². The summed E-state index contributed by atoms with van der Waals surface area (Å²) >= 11 is 6.44. The van der Waals surface area contributed by atoms with Crippen molar-refractivity contribution in [1.29, 1.82) is 0 Å². The topological polar surface area (TPSA) is 53.1 Å². The van der Waals surface area contributed by atoms with Crippen LogP contribution in [0.5, 0.6) is 11.5 Å². The third kappa shape index (κ3) is 4.21. The zero-order chi connectivity index (χ0) is 26.8. The summed E-state index contributed by atoms with van der Waals surface area (Å²) in [5.41, 5.74) is 4.35. The van der Waals surface area contributed by atoms with Crippen LogP contribution in [0.25, 0.3) is 38.7 Å². The second-order valence-corrected chi connectivity index (χ2v) is 12.2. The summed E-state index contributed by atoms with van der Waals surface area (Å²) in [5, 5.41) is 2.83. The van der Waals surface area contributed by atoms with E-state index < -0.39 is 0 Å². The van der Waals surface area contributed by atoms with Crippen molar-refractivity contribution >= 4 is 44.5 Å². The lowest BCUT2D eigenvalue weighted by molar-refractivity contribution is 0.401. The van der Waals surface area contributed by atoms with Gasteiger partial charge in [0.1, 0.15) is 17.1 Å². The van der Waals surface area contributed by atoms with Crippen molar-refractivity contribution in [2.24, 2.45) is 0 Å². The molecule has 5 nitrogen and oxygen atoms in total. The highest BCUT2D eigenvalue weighted by molar-refractivity contribution is 6.31. The van der Waals surface area contributed by atoms with Crippen molar-refractivity contribution in [3.8, 4) is 17.3 Å². The molecule has 0 saturated heterocycles. The van der Waals surface area contributed by atoms with Crippen LogP contribution in [0.3, 0.4) is 0 Å². The van der Waals surface area contributed by atoms with E-state index in [-0.39, 0.29) is 10.8 Å². The molecule has 3 aromatic carbocycles. The van der Waals surface area contributed by atoms with Gasteiger partial charge in [0.25, 0.3) is 0 Å². The predicted octanol–water partition coefficient (Wildman–Crippen LogP) is 9.36. The first-order chi connectivity index (χ1) is 18.0. The summed E-state index contributed by atoms with van der Waals surface area (Å²) in [5.74, 6) is 2.71. The van der Waals surface area contributed by atoms with Crippen LogP contribution < -0.4 is 4.74 Å². The van der Waals surface area contributed by atoms with Crippen molar-refractivity contribution in [2.75, 3.05) is 0 Å². The predicted molar refractivity (Wildman–Crippen MR) is 155 cm³/mol. The first kappa shape index (κ1) is 24.5. The van der Waals surface area contributed by atoms with Crippen molar-refractivity contribution < 1.29 is 9.15 Å². The van der Waals surface area contributed by atoms with E-state index in [1.54, 1.807) is 12.1 Å². The Bertz CT molecular complexity index is 1830. The average Bonchev–Trinajstić information content (AvgIpc) is 3.43. The molecule has 0 atom stereocenters. The Morgan fingerprint density at radius 1 is 0.816 bits per heavy atom. The van der Waals surface area contributed by atoms with E-state index >= 15 is 0 Å². The van der Waals surface area contributed by atoms with Gasteiger partial charge in [0.2, 0.25) is 5.89 Å². The first-order valence-corrected chi connectivity index (χ1v) is 13.2. The number of ether oxygens (including phenoxy) is 1. The number of rotatable bonds is 3. The molecule has 6 aromatic rings. The SMILES string of the molecule is CC(C)(C)c1ccnc(-n2c3ccccc3c3ccc(Oc4cc(Cl)cc5nc(C(C)(C)C)oc45)cc32)c1. The van der Waals surface area contributed by atoms with E-state index in [1.165, 1.54) is 5.56 Å². The molecule has 0 aliphatic carbocycles.